The van der Waals surface area contributed by atoms with Crippen LogP contribution < -0.4 is 5.73 Å². The predicted molar refractivity (Wildman–Crippen MR) is 40.2 cm³/mol. The van der Waals surface area contributed by atoms with Crippen LogP contribution in [0.1, 0.15) is 33.1 Å². The molecule has 1 saturated carbocycles. The van der Waals surface area contributed by atoms with Crippen LogP contribution in [0.25, 0.3) is 0 Å². The second kappa shape index (κ2) is 2.30. The molecule has 1 nitrogen and oxygen atoms in total. The Hall–Kier alpha value is -0.0400. The third kappa shape index (κ3) is 1.11. The minimum absolute atomic E-state index is 0.606. The van der Waals surface area contributed by atoms with Crippen molar-refractivity contribution in [2.45, 2.75) is 33.1 Å². The Labute approximate surface area is 57.6 Å². The Bertz CT molecular complexity index is 101. The van der Waals surface area contributed by atoms with Crippen LogP contribution in [0.3, 0.4) is 0 Å². The summed E-state index contributed by atoms with van der Waals surface area (Å²) in [6, 6.07) is 0. The summed E-state index contributed by atoms with van der Waals surface area (Å²) in [6.45, 7) is 5.55. The molecule has 0 bridgehead atoms. The second-order valence-corrected chi connectivity index (χ2v) is 3.63. The van der Waals surface area contributed by atoms with E-state index in [0.717, 1.165) is 12.5 Å². The molecule has 0 aliphatic heterocycles. The molecule has 0 radical (unpaired) electrons. The minimum atomic E-state index is 0.606. The molecule has 0 saturated heterocycles. The van der Waals surface area contributed by atoms with Crippen molar-refractivity contribution < 1.29 is 0 Å². The van der Waals surface area contributed by atoms with Gasteiger partial charge in [-0.3, -0.25) is 0 Å². The summed E-state index contributed by atoms with van der Waals surface area (Å²) in [5.74, 6) is 0.918. The van der Waals surface area contributed by atoms with Crippen molar-refractivity contribution in [1.29, 1.82) is 0 Å². The van der Waals surface area contributed by atoms with Crippen molar-refractivity contribution in [3.05, 3.63) is 0 Å². The van der Waals surface area contributed by atoms with Gasteiger partial charge in [0.15, 0.2) is 0 Å². The number of rotatable bonds is 2. The van der Waals surface area contributed by atoms with E-state index in [4.69, 9.17) is 5.73 Å². The van der Waals surface area contributed by atoms with E-state index in [1.54, 1.807) is 0 Å². The first-order valence-corrected chi connectivity index (χ1v) is 3.89. The highest BCUT2D eigenvalue weighted by Gasteiger charge is 2.38. The fourth-order valence-electron chi connectivity index (χ4n) is 1.63. The van der Waals surface area contributed by atoms with E-state index >= 15 is 0 Å². The van der Waals surface area contributed by atoms with E-state index < -0.39 is 0 Å². The van der Waals surface area contributed by atoms with Gasteiger partial charge in [0.25, 0.3) is 0 Å². The fraction of sp³-hybridized carbons (Fsp3) is 1.00. The van der Waals surface area contributed by atoms with Gasteiger partial charge < -0.3 is 5.73 Å². The zero-order chi connectivity index (χ0) is 6.91. The maximum Gasteiger partial charge on any atom is -0.00720 e. The lowest BCUT2D eigenvalue weighted by Crippen LogP contribution is -2.37. The first-order chi connectivity index (χ1) is 4.19. The summed E-state index contributed by atoms with van der Waals surface area (Å²) in [6.07, 6.45) is 4.02. The third-order valence-electron chi connectivity index (χ3n) is 3.05. The predicted octanol–water partition coefficient (Wildman–Crippen LogP) is 1.77. The van der Waals surface area contributed by atoms with Gasteiger partial charge in [-0.05, 0) is 37.1 Å². The van der Waals surface area contributed by atoms with Crippen LogP contribution in [-0.4, -0.2) is 6.54 Å². The first kappa shape index (κ1) is 7.07. The zero-order valence-electron chi connectivity index (χ0n) is 6.48. The molecule has 0 aromatic carbocycles. The summed E-state index contributed by atoms with van der Waals surface area (Å²) in [4.78, 5) is 0. The SMILES string of the molecule is C[C@@H]1CC[C@@]1(C)CCN. The highest BCUT2D eigenvalue weighted by atomic mass is 14.6. The van der Waals surface area contributed by atoms with Gasteiger partial charge in [-0.2, -0.15) is 0 Å². The van der Waals surface area contributed by atoms with E-state index in [9.17, 15) is 0 Å². The van der Waals surface area contributed by atoms with Gasteiger partial charge in [-0.25, -0.2) is 0 Å². The molecule has 1 aliphatic rings. The third-order valence-corrected chi connectivity index (χ3v) is 3.05. The van der Waals surface area contributed by atoms with Crippen molar-refractivity contribution in [3.8, 4) is 0 Å². The van der Waals surface area contributed by atoms with Crippen molar-refractivity contribution in [3.63, 3.8) is 0 Å². The van der Waals surface area contributed by atoms with Gasteiger partial charge in [-0.1, -0.05) is 13.8 Å². The lowest BCUT2D eigenvalue weighted by atomic mass is 9.60. The van der Waals surface area contributed by atoms with Crippen LogP contribution in [0.5, 0.6) is 0 Å². The van der Waals surface area contributed by atoms with Crippen molar-refractivity contribution >= 4 is 0 Å². The van der Waals surface area contributed by atoms with Gasteiger partial charge in [-0.15, -0.1) is 0 Å². The molecule has 0 amide bonds. The smallest absolute Gasteiger partial charge is 0.00720 e. The molecule has 2 atom stereocenters. The summed E-state index contributed by atoms with van der Waals surface area (Å²) in [5, 5.41) is 0. The first-order valence-electron chi connectivity index (χ1n) is 3.89. The highest BCUT2D eigenvalue weighted by Crippen LogP contribution is 2.48. The summed E-state index contributed by atoms with van der Waals surface area (Å²) in [7, 11) is 0. The molecule has 1 aliphatic carbocycles. The quantitative estimate of drug-likeness (QED) is 0.601. The van der Waals surface area contributed by atoms with Crippen LogP contribution in [0.2, 0.25) is 0 Å². The van der Waals surface area contributed by atoms with Crippen LogP contribution in [0.4, 0.5) is 0 Å². The van der Waals surface area contributed by atoms with Crippen molar-refractivity contribution in [2.75, 3.05) is 6.54 Å². The van der Waals surface area contributed by atoms with E-state index in [1.807, 2.05) is 0 Å². The topological polar surface area (TPSA) is 26.0 Å². The highest BCUT2D eigenvalue weighted by molar-refractivity contribution is 4.89. The van der Waals surface area contributed by atoms with Gasteiger partial charge in [0.05, 0.1) is 0 Å². The maximum atomic E-state index is 5.49. The molecule has 0 heterocycles. The van der Waals surface area contributed by atoms with E-state index in [0.29, 0.717) is 5.41 Å². The standard InChI is InChI=1S/C8H17N/c1-7-3-4-8(7,2)5-6-9/h7H,3-6,9H2,1-2H3/t7-,8+/m1/s1. The Kier molecular flexibility index (Phi) is 1.80. The molecule has 2 N–H and O–H groups in total. The van der Waals surface area contributed by atoms with Gasteiger partial charge >= 0.3 is 0 Å². The van der Waals surface area contributed by atoms with Crippen LogP contribution in [-0.2, 0) is 0 Å². The van der Waals surface area contributed by atoms with E-state index in [2.05, 4.69) is 13.8 Å². The molecule has 0 aromatic heterocycles. The maximum absolute atomic E-state index is 5.49. The molecular formula is C8H17N. The normalized spacial score (nSPS) is 42.3. The van der Waals surface area contributed by atoms with Gasteiger partial charge in [0, 0.05) is 0 Å². The molecule has 0 unspecified atom stereocenters. The molecule has 9 heavy (non-hydrogen) atoms. The summed E-state index contributed by atoms with van der Waals surface area (Å²) < 4.78 is 0. The number of hydrogen-bond acceptors (Lipinski definition) is 1. The average Bonchev–Trinajstić information content (AvgIpc) is 1.86. The molecule has 0 spiro atoms. The Morgan fingerprint density at radius 3 is 2.44 bits per heavy atom. The monoisotopic (exact) mass is 127 g/mol. The molecule has 1 fully saturated rings. The number of hydrogen-bond donors (Lipinski definition) is 1. The molecule has 1 heteroatoms. The molecule has 0 aromatic rings. The largest absolute Gasteiger partial charge is 0.330 e. The van der Waals surface area contributed by atoms with Crippen molar-refractivity contribution in [1.82, 2.24) is 0 Å². The number of nitrogens with two attached hydrogens (primary N) is 1. The van der Waals surface area contributed by atoms with Gasteiger partial charge in [0.2, 0.25) is 0 Å². The molecular weight excluding hydrogens is 110 g/mol. The Morgan fingerprint density at radius 1 is 1.67 bits per heavy atom. The zero-order valence-corrected chi connectivity index (χ0v) is 6.48. The lowest BCUT2D eigenvalue weighted by Gasteiger charge is -2.45. The van der Waals surface area contributed by atoms with Crippen molar-refractivity contribution in [2.24, 2.45) is 17.1 Å². The van der Waals surface area contributed by atoms with Crippen LogP contribution in [0.15, 0.2) is 0 Å². The molecule has 54 valence electrons. The van der Waals surface area contributed by atoms with E-state index in [1.165, 1.54) is 19.3 Å². The lowest BCUT2D eigenvalue weighted by molar-refractivity contribution is 0.0584. The Balaban J connectivity index is 2.34. The average molecular weight is 127 g/mol. The van der Waals surface area contributed by atoms with Gasteiger partial charge in [0.1, 0.15) is 0 Å². The van der Waals surface area contributed by atoms with Crippen LogP contribution >= 0.6 is 0 Å². The Morgan fingerprint density at radius 2 is 2.33 bits per heavy atom. The summed E-state index contributed by atoms with van der Waals surface area (Å²) >= 11 is 0. The summed E-state index contributed by atoms with van der Waals surface area (Å²) in [5.41, 5.74) is 6.09. The molecule has 1 rings (SSSR count). The minimum Gasteiger partial charge on any atom is -0.330 e. The fourth-order valence-corrected chi connectivity index (χ4v) is 1.63. The van der Waals surface area contributed by atoms with Crippen LogP contribution in [0, 0.1) is 11.3 Å². The second-order valence-electron chi connectivity index (χ2n) is 3.63. The van der Waals surface area contributed by atoms with E-state index in [-0.39, 0.29) is 0 Å².